The maximum atomic E-state index is 12.9. The fourth-order valence-electron chi connectivity index (χ4n) is 1.11. The Morgan fingerprint density at radius 3 is 2.88 bits per heavy atom. The van der Waals surface area contributed by atoms with Crippen LogP contribution in [0.5, 0.6) is 5.75 Å². The molecular formula is C9H6FN3O2S. The number of carbonyl (C=O) groups excluding carboxylic acids is 1. The molecule has 82 valence electrons. The molecule has 2 rings (SSSR count). The average molecular weight is 239 g/mol. The summed E-state index contributed by atoms with van der Waals surface area (Å²) in [4.78, 5) is 11.8. The number of nitrogens with zero attached hydrogens (tertiary/aromatic N) is 2. The third-order valence-corrected chi connectivity index (χ3v) is 2.39. The number of aromatic nitrogens is 2. The first-order chi connectivity index (χ1) is 7.65. The van der Waals surface area contributed by atoms with Crippen LogP contribution in [0.15, 0.2) is 24.4 Å². The molecule has 0 aliphatic rings. The predicted molar refractivity (Wildman–Crippen MR) is 55.9 cm³/mol. The van der Waals surface area contributed by atoms with E-state index in [4.69, 9.17) is 5.11 Å². The Kier molecular flexibility index (Phi) is 2.78. The highest BCUT2D eigenvalue weighted by molar-refractivity contribution is 7.07. The highest BCUT2D eigenvalue weighted by Crippen LogP contribution is 2.19. The molecule has 2 aromatic rings. The summed E-state index contributed by atoms with van der Waals surface area (Å²) >= 11 is 0.929. The Balaban J connectivity index is 2.18. The van der Waals surface area contributed by atoms with Gasteiger partial charge in [-0.3, -0.25) is 4.79 Å². The molecule has 0 bridgehead atoms. The summed E-state index contributed by atoms with van der Waals surface area (Å²) in [6.45, 7) is 0. The van der Waals surface area contributed by atoms with Gasteiger partial charge in [-0.15, -0.1) is 5.10 Å². The molecule has 1 heterocycles. The summed E-state index contributed by atoms with van der Waals surface area (Å²) in [6, 6.07) is 3.30. The number of hydrogen-bond donors (Lipinski definition) is 2. The summed E-state index contributed by atoms with van der Waals surface area (Å²) in [6.07, 6.45) is 1.30. The van der Waals surface area contributed by atoms with Gasteiger partial charge in [0, 0.05) is 17.8 Å². The van der Waals surface area contributed by atoms with Crippen LogP contribution in [-0.2, 0) is 0 Å². The highest BCUT2D eigenvalue weighted by atomic mass is 32.1. The van der Waals surface area contributed by atoms with Crippen LogP contribution >= 0.6 is 11.5 Å². The number of aromatic hydroxyl groups is 1. The highest BCUT2D eigenvalue weighted by Gasteiger charge is 2.09. The fraction of sp³-hybridized carbons (Fsp3) is 0. The molecule has 0 aliphatic carbocycles. The third kappa shape index (κ3) is 2.31. The predicted octanol–water partition coefficient (Wildman–Crippen LogP) is 1.64. The first kappa shape index (κ1) is 10.5. The second-order valence-electron chi connectivity index (χ2n) is 2.93. The smallest absolute Gasteiger partial charge is 0.269 e. The zero-order valence-electron chi connectivity index (χ0n) is 7.85. The van der Waals surface area contributed by atoms with Crippen LogP contribution in [0.2, 0.25) is 0 Å². The number of phenolic OH excluding ortho intramolecular Hbond substituents is 1. The van der Waals surface area contributed by atoms with Crippen molar-refractivity contribution in [2.24, 2.45) is 0 Å². The second kappa shape index (κ2) is 4.23. The lowest BCUT2D eigenvalue weighted by atomic mass is 10.3. The summed E-state index contributed by atoms with van der Waals surface area (Å²) < 4.78 is 16.4. The van der Waals surface area contributed by atoms with E-state index in [1.807, 2.05) is 0 Å². The van der Waals surface area contributed by atoms with E-state index < -0.39 is 11.7 Å². The number of halogens is 1. The number of carbonyl (C=O) groups is 1. The van der Waals surface area contributed by atoms with Gasteiger partial charge in [0.05, 0.1) is 6.20 Å². The van der Waals surface area contributed by atoms with Crippen molar-refractivity contribution in [2.75, 3.05) is 5.32 Å². The topological polar surface area (TPSA) is 75.1 Å². The van der Waals surface area contributed by atoms with Crippen LogP contribution in [0.25, 0.3) is 0 Å². The summed E-state index contributed by atoms with van der Waals surface area (Å²) in [5.74, 6) is -1.32. The van der Waals surface area contributed by atoms with Crippen LogP contribution in [0.3, 0.4) is 0 Å². The third-order valence-electron chi connectivity index (χ3n) is 1.73. The van der Waals surface area contributed by atoms with Gasteiger partial charge in [0.25, 0.3) is 5.91 Å². The molecule has 0 radical (unpaired) electrons. The summed E-state index contributed by atoms with van der Waals surface area (Å²) in [5, 5.41) is 15.0. The van der Waals surface area contributed by atoms with Crippen LogP contribution in [0.1, 0.15) is 9.67 Å². The molecule has 0 atom stereocenters. The first-order valence-corrected chi connectivity index (χ1v) is 5.01. The van der Waals surface area contributed by atoms with Gasteiger partial charge in [0.1, 0.15) is 16.4 Å². The Hall–Kier alpha value is -2.02. The molecule has 0 spiro atoms. The molecule has 0 saturated carbocycles. The van der Waals surface area contributed by atoms with E-state index in [9.17, 15) is 9.18 Å². The maximum absolute atomic E-state index is 12.9. The summed E-state index contributed by atoms with van der Waals surface area (Å²) in [7, 11) is 0. The van der Waals surface area contributed by atoms with E-state index in [1.54, 1.807) is 0 Å². The monoisotopic (exact) mass is 239 g/mol. The van der Waals surface area contributed by atoms with Crippen molar-refractivity contribution < 1.29 is 14.3 Å². The molecule has 1 aromatic heterocycles. The van der Waals surface area contributed by atoms with Gasteiger partial charge < -0.3 is 10.4 Å². The molecule has 5 nitrogen and oxygen atoms in total. The van der Waals surface area contributed by atoms with Crippen LogP contribution in [-0.4, -0.2) is 20.6 Å². The molecule has 0 saturated heterocycles. The van der Waals surface area contributed by atoms with Gasteiger partial charge in [-0.1, -0.05) is 4.49 Å². The average Bonchev–Trinajstić information content (AvgIpc) is 2.68. The SMILES string of the molecule is O=C(Nc1cc(O)cc(F)c1)c1cnns1. The minimum atomic E-state index is -0.627. The zero-order valence-corrected chi connectivity index (χ0v) is 8.66. The second-order valence-corrected chi connectivity index (χ2v) is 3.72. The molecule has 1 aromatic carbocycles. The maximum Gasteiger partial charge on any atom is 0.269 e. The van der Waals surface area contributed by atoms with Gasteiger partial charge in [0.2, 0.25) is 0 Å². The van der Waals surface area contributed by atoms with Crippen molar-refractivity contribution in [1.82, 2.24) is 9.59 Å². The summed E-state index contributed by atoms with van der Waals surface area (Å²) in [5.41, 5.74) is 0.177. The molecule has 0 unspecified atom stereocenters. The lowest BCUT2D eigenvalue weighted by Gasteiger charge is -2.03. The zero-order chi connectivity index (χ0) is 11.5. The Morgan fingerprint density at radius 1 is 1.44 bits per heavy atom. The lowest BCUT2D eigenvalue weighted by Crippen LogP contribution is -2.10. The molecular weight excluding hydrogens is 233 g/mol. The molecule has 2 N–H and O–H groups in total. The van der Waals surface area contributed by atoms with Crippen molar-refractivity contribution in [3.8, 4) is 5.75 Å². The van der Waals surface area contributed by atoms with Gasteiger partial charge in [0.15, 0.2) is 0 Å². The molecule has 0 fully saturated rings. The van der Waals surface area contributed by atoms with Crippen LogP contribution in [0, 0.1) is 5.82 Å². The van der Waals surface area contributed by atoms with Crippen molar-refractivity contribution in [3.05, 3.63) is 35.1 Å². The molecule has 16 heavy (non-hydrogen) atoms. The Labute approximate surface area is 93.7 Å². The van der Waals surface area contributed by atoms with E-state index in [0.717, 1.165) is 23.7 Å². The van der Waals surface area contributed by atoms with E-state index in [-0.39, 0.29) is 11.4 Å². The molecule has 1 amide bonds. The number of amides is 1. The van der Waals surface area contributed by atoms with Crippen LogP contribution in [0.4, 0.5) is 10.1 Å². The van der Waals surface area contributed by atoms with Crippen molar-refractivity contribution in [2.45, 2.75) is 0 Å². The Morgan fingerprint density at radius 2 is 2.25 bits per heavy atom. The first-order valence-electron chi connectivity index (χ1n) is 4.23. The number of hydrogen-bond acceptors (Lipinski definition) is 5. The number of anilines is 1. The van der Waals surface area contributed by atoms with Crippen molar-refractivity contribution >= 4 is 23.1 Å². The standard InChI is InChI=1S/C9H6FN3O2S/c10-5-1-6(3-7(14)2-5)12-9(15)8-4-11-13-16-8/h1-4,14H,(H,12,15). The number of rotatable bonds is 2. The fourth-order valence-corrected chi connectivity index (χ4v) is 1.52. The van der Waals surface area contributed by atoms with Gasteiger partial charge >= 0.3 is 0 Å². The number of nitrogens with one attached hydrogen (secondary N) is 1. The van der Waals surface area contributed by atoms with Gasteiger partial charge in [-0.05, 0) is 17.6 Å². The number of benzene rings is 1. The quantitative estimate of drug-likeness (QED) is 0.835. The van der Waals surface area contributed by atoms with E-state index >= 15 is 0 Å². The Bertz CT molecular complexity index is 495. The van der Waals surface area contributed by atoms with Gasteiger partial charge in [-0.2, -0.15) is 0 Å². The van der Waals surface area contributed by atoms with Crippen molar-refractivity contribution in [1.29, 1.82) is 0 Å². The largest absolute Gasteiger partial charge is 0.508 e. The van der Waals surface area contributed by atoms with E-state index in [1.165, 1.54) is 12.3 Å². The minimum absolute atomic E-state index is 0.177. The van der Waals surface area contributed by atoms with E-state index in [0.29, 0.717) is 4.88 Å². The number of phenols is 1. The minimum Gasteiger partial charge on any atom is -0.508 e. The van der Waals surface area contributed by atoms with E-state index in [2.05, 4.69) is 14.9 Å². The normalized spacial score (nSPS) is 10.1. The molecule has 0 aliphatic heterocycles. The van der Waals surface area contributed by atoms with Gasteiger partial charge in [-0.25, -0.2) is 4.39 Å². The lowest BCUT2D eigenvalue weighted by molar-refractivity contribution is 0.103. The van der Waals surface area contributed by atoms with Crippen LogP contribution < -0.4 is 5.32 Å². The molecule has 7 heteroatoms. The van der Waals surface area contributed by atoms with Crippen molar-refractivity contribution in [3.63, 3.8) is 0 Å².